The highest BCUT2D eigenvalue weighted by Gasteiger charge is 2.11. The van der Waals surface area contributed by atoms with E-state index in [4.69, 9.17) is 28.6 Å². The van der Waals surface area contributed by atoms with Gasteiger partial charge in [-0.2, -0.15) is 14.9 Å². The van der Waals surface area contributed by atoms with Crippen molar-refractivity contribution in [3.63, 3.8) is 0 Å². The van der Waals surface area contributed by atoms with Gasteiger partial charge in [-0.05, 0) is 59.7 Å². The van der Waals surface area contributed by atoms with Crippen molar-refractivity contribution in [2.75, 3.05) is 0 Å². The van der Waals surface area contributed by atoms with Gasteiger partial charge in [0.15, 0.2) is 5.82 Å². The molecule has 0 saturated heterocycles. The van der Waals surface area contributed by atoms with Crippen LogP contribution in [0.3, 0.4) is 0 Å². The highest BCUT2D eigenvalue weighted by atomic mass is 35.5. The molecular weight excluding hydrogens is 404 g/mol. The molecule has 144 valence electrons. The van der Waals surface area contributed by atoms with Crippen LogP contribution in [-0.4, -0.2) is 21.1 Å². The van der Waals surface area contributed by atoms with Gasteiger partial charge in [-0.25, -0.2) is 5.10 Å². The molecule has 0 aliphatic heterocycles. The van der Waals surface area contributed by atoms with E-state index in [9.17, 15) is 0 Å². The number of ether oxygens (including phenoxy) is 1. The zero-order valence-corrected chi connectivity index (χ0v) is 16.9. The van der Waals surface area contributed by atoms with Crippen LogP contribution in [0.4, 0.5) is 0 Å². The highest BCUT2D eigenvalue weighted by molar-refractivity contribution is 7.71. The third-order valence-corrected chi connectivity index (χ3v) is 4.81. The van der Waals surface area contributed by atoms with Crippen LogP contribution in [0, 0.1) is 4.77 Å². The quantitative estimate of drug-likeness (QED) is 0.320. The predicted octanol–water partition coefficient (Wildman–Crippen LogP) is 5.72. The SMILES string of the molecule is S=c1[nH]nc(-c2ccccc2Cl)n1/N=C\c1ccc(OCc2ccccc2)cc1. The Balaban J connectivity index is 1.49. The number of benzene rings is 3. The first-order chi connectivity index (χ1) is 14.2. The number of hydrogen-bond donors (Lipinski definition) is 1. The lowest BCUT2D eigenvalue weighted by atomic mass is 10.2. The number of aromatic amines is 1. The Hall–Kier alpha value is -3.22. The molecule has 0 fully saturated rings. The van der Waals surface area contributed by atoms with E-state index in [-0.39, 0.29) is 0 Å². The van der Waals surface area contributed by atoms with E-state index in [1.54, 1.807) is 17.0 Å². The van der Waals surface area contributed by atoms with Crippen LogP contribution in [0.2, 0.25) is 5.02 Å². The first-order valence-corrected chi connectivity index (χ1v) is 9.73. The van der Waals surface area contributed by atoms with Crippen LogP contribution in [0.15, 0.2) is 84.0 Å². The van der Waals surface area contributed by atoms with Crippen molar-refractivity contribution in [1.82, 2.24) is 14.9 Å². The van der Waals surface area contributed by atoms with Gasteiger partial charge in [0.1, 0.15) is 12.4 Å². The fourth-order valence-corrected chi connectivity index (χ4v) is 3.13. The second kappa shape index (κ2) is 8.86. The van der Waals surface area contributed by atoms with E-state index < -0.39 is 0 Å². The summed E-state index contributed by atoms with van der Waals surface area (Å²) < 4.78 is 7.75. The molecule has 29 heavy (non-hydrogen) atoms. The van der Waals surface area contributed by atoms with E-state index in [2.05, 4.69) is 15.3 Å². The fourth-order valence-electron chi connectivity index (χ4n) is 2.73. The fraction of sp³-hybridized carbons (Fsp3) is 0.0455. The zero-order chi connectivity index (χ0) is 20.1. The van der Waals surface area contributed by atoms with E-state index in [0.717, 1.165) is 22.4 Å². The summed E-state index contributed by atoms with van der Waals surface area (Å²) in [5, 5.41) is 12.1. The molecule has 0 radical (unpaired) electrons. The molecule has 1 heterocycles. The highest BCUT2D eigenvalue weighted by Crippen LogP contribution is 2.26. The maximum Gasteiger partial charge on any atom is 0.216 e. The molecule has 5 nitrogen and oxygen atoms in total. The topological polar surface area (TPSA) is 55.2 Å². The average Bonchev–Trinajstić information content (AvgIpc) is 3.13. The molecule has 0 saturated carbocycles. The molecular formula is C22H17ClN4OS. The second-order valence-electron chi connectivity index (χ2n) is 6.23. The molecule has 0 aliphatic carbocycles. The Morgan fingerprint density at radius 3 is 2.48 bits per heavy atom. The van der Waals surface area contributed by atoms with Crippen molar-refractivity contribution in [2.45, 2.75) is 6.61 Å². The summed E-state index contributed by atoms with van der Waals surface area (Å²) in [6, 6.07) is 25.2. The van der Waals surface area contributed by atoms with E-state index in [1.165, 1.54) is 0 Å². The summed E-state index contributed by atoms with van der Waals surface area (Å²) in [4.78, 5) is 0. The van der Waals surface area contributed by atoms with Gasteiger partial charge in [0.05, 0.1) is 11.2 Å². The lowest BCUT2D eigenvalue weighted by molar-refractivity contribution is 0.306. The van der Waals surface area contributed by atoms with Crippen LogP contribution in [0.25, 0.3) is 11.4 Å². The number of halogens is 1. The minimum Gasteiger partial charge on any atom is -0.489 e. The Labute approximate surface area is 178 Å². The van der Waals surface area contributed by atoms with Gasteiger partial charge in [0, 0.05) is 5.56 Å². The first kappa shape index (κ1) is 19.1. The Bertz CT molecular complexity index is 1180. The summed E-state index contributed by atoms with van der Waals surface area (Å²) in [7, 11) is 0. The summed E-state index contributed by atoms with van der Waals surface area (Å²) in [5.74, 6) is 1.35. The lowest BCUT2D eigenvalue weighted by Gasteiger charge is -2.06. The van der Waals surface area contributed by atoms with Gasteiger partial charge in [0.25, 0.3) is 0 Å². The molecule has 0 bridgehead atoms. The maximum atomic E-state index is 6.28. The largest absolute Gasteiger partial charge is 0.489 e. The van der Waals surface area contributed by atoms with Gasteiger partial charge in [0.2, 0.25) is 4.77 Å². The van der Waals surface area contributed by atoms with Gasteiger partial charge in [-0.1, -0.05) is 54.1 Å². The number of nitrogens with one attached hydrogen (secondary N) is 1. The molecule has 4 rings (SSSR count). The van der Waals surface area contributed by atoms with E-state index in [0.29, 0.717) is 22.2 Å². The van der Waals surface area contributed by atoms with Gasteiger partial charge in [-0.15, -0.1) is 0 Å². The molecule has 3 aromatic carbocycles. The smallest absolute Gasteiger partial charge is 0.216 e. The number of aromatic nitrogens is 3. The summed E-state index contributed by atoms with van der Waals surface area (Å²) in [6.45, 7) is 0.527. The van der Waals surface area contributed by atoms with Crippen LogP contribution in [0.1, 0.15) is 11.1 Å². The van der Waals surface area contributed by atoms with E-state index >= 15 is 0 Å². The monoisotopic (exact) mass is 420 g/mol. The second-order valence-corrected chi connectivity index (χ2v) is 7.03. The molecule has 1 N–H and O–H groups in total. The van der Waals surface area contributed by atoms with Crippen molar-refractivity contribution in [1.29, 1.82) is 0 Å². The van der Waals surface area contributed by atoms with Crippen LogP contribution < -0.4 is 4.74 Å². The van der Waals surface area contributed by atoms with Crippen molar-refractivity contribution in [3.05, 3.63) is 99.8 Å². The minimum atomic E-state index is 0.388. The molecule has 0 atom stereocenters. The zero-order valence-electron chi connectivity index (χ0n) is 15.3. The molecule has 7 heteroatoms. The predicted molar refractivity (Wildman–Crippen MR) is 118 cm³/mol. The number of H-pyrrole nitrogens is 1. The van der Waals surface area contributed by atoms with Gasteiger partial charge >= 0.3 is 0 Å². The molecule has 1 aromatic heterocycles. The third-order valence-electron chi connectivity index (χ3n) is 4.22. The van der Waals surface area contributed by atoms with Crippen molar-refractivity contribution in [2.24, 2.45) is 5.10 Å². The Morgan fingerprint density at radius 1 is 1.00 bits per heavy atom. The first-order valence-electron chi connectivity index (χ1n) is 8.94. The maximum absolute atomic E-state index is 6.28. The number of rotatable bonds is 6. The number of hydrogen-bond acceptors (Lipinski definition) is 4. The van der Waals surface area contributed by atoms with E-state index in [1.807, 2.05) is 72.8 Å². The van der Waals surface area contributed by atoms with Crippen LogP contribution in [0.5, 0.6) is 5.75 Å². The normalized spacial score (nSPS) is 11.1. The van der Waals surface area contributed by atoms with Crippen molar-refractivity contribution >= 4 is 30.0 Å². The summed E-state index contributed by atoms with van der Waals surface area (Å²) >= 11 is 11.6. The third kappa shape index (κ3) is 4.62. The average molecular weight is 421 g/mol. The molecule has 0 amide bonds. The summed E-state index contributed by atoms with van der Waals surface area (Å²) in [6.07, 6.45) is 1.71. The Morgan fingerprint density at radius 2 is 1.72 bits per heavy atom. The minimum absolute atomic E-state index is 0.388. The molecule has 4 aromatic rings. The molecule has 0 unspecified atom stereocenters. The summed E-state index contributed by atoms with van der Waals surface area (Å²) in [5.41, 5.74) is 2.79. The standard InChI is InChI=1S/C22H17ClN4OS/c23-20-9-5-4-8-19(20)21-25-26-22(29)27(21)24-14-16-10-12-18(13-11-16)28-15-17-6-2-1-3-7-17/h1-14H,15H2,(H,26,29)/b24-14-. The number of nitrogens with zero attached hydrogens (tertiary/aromatic N) is 3. The molecule has 0 spiro atoms. The Kier molecular flexibility index (Phi) is 5.84. The molecule has 0 aliphatic rings. The van der Waals surface area contributed by atoms with Crippen molar-refractivity contribution < 1.29 is 4.74 Å². The van der Waals surface area contributed by atoms with Crippen LogP contribution >= 0.6 is 23.8 Å². The van der Waals surface area contributed by atoms with Crippen LogP contribution in [-0.2, 0) is 6.61 Å². The lowest BCUT2D eigenvalue weighted by Crippen LogP contribution is -1.96. The van der Waals surface area contributed by atoms with Crippen molar-refractivity contribution in [3.8, 4) is 17.1 Å². The van der Waals surface area contributed by atoms with Gasteiger partial charge in [-0.3, -0.25) is 0 Å². The van der Waals surface area contributed by atoms with Gasteiger partial charge < -0.3 is 4.74 Å².